The fourth-order valence-corrected chi connectivity index (χ4v) is 4.00. The number of aromatic amines is 1. The molecule has 1 aromatic carbocycles. The lowest BCUT2D eigenvalue weighted by molar-refractivity contribution is -0.113. The molecule has 0 spiro atoms. The zero-order valence-electron chi connectivity index (χ0n) is 15.4. The van der Waals surface area contributed by atoms with E-state index in [1.54, 1.807) is 11.3 Å². The number of H-pyrrole nitrogens is 1. The molecule has 0 radical (unpaired) electrons. The first-order valence-electron chi connectivity index (χ1n) is 8.89. The molecular weight excluding hydrogens is 378 g/mol. The van der Waals surface area contributed by atoms with Gasteiger partial charge in [0.1, 0.15) is 5.82 Å². The number of thioether (sulfide) groups is 1. The maximum atomic E-state index is 12.2. The zero-order valence-corrected chi connectivity index (χ0v) is 17.1. The summed E-state index contributed by atoms with van der Waals surface area (Å²) in [6.07, 6.45) is 0.732. The van der Waals surface area contributed by atoms with Crippen LogP contribution < -0.4 is 10.2 Å². The number of amides is 1. The summed E-state index contributed by atoms with van der Waals surface area (Å²) in [6.45, 7) is 6.19. The van der Waals surface area contributed by atoms with Gasteiger partial charge in [-0.25, -0.2) is 4.98 Å². The van der Waals surface area contributed by atoms with Gasteiger partial charge in [-0.1, -0.05) is 17.8 Å². The van der Waals surface area contributed by atoms with E-state index in [-0.39, 0.29) is 11.7 Å². The highest BCUT2D eigenvalue weighted by Crippen LogP contribution is 2.19. The van der Waals surface area contributed by atoms with Crippen LogP contribution in [0.4, 0.5) is 11.4 Å². The average molecular weight is 402 g/mol. The topological polar surface area (TPSA) is 73.9 Å². The average Bonchev–Trinajstić information content (AvgIpc) is 3.35. The number of hydrogen-bond donors (Lipinski definition) is 2. The highest BCUT2D eigenvalue weighted by molar-refractivity contribution is 7.99. The molecule has 3 rings (SSSR count). The highest BCUT2D eigenvalue weighted by atomic mass is 32.2. The maximum Gasteiger partial charge on any atom is 0.234 e. The summed E-state index contributed by atoms with van der Waals surface area (Å²) < 4.78 is 0. The van der Waals surface area contributed by atoms with Crippen molar-refractivity contribution in [1.82, 2.24) is 15.2 Å². The van der Waals surface area contributed by atoms with Crippen molar-refractivity contribution >= 4 is 40.4 Å². The van der Waals surface area contributed by atoms with Crippen LogP contribution in [0.3, 0.4) is 0 Å². The molecule has 2 N–H and O–H groups in total. The smallest absolute Gasteiger partial charge is 0.234 e. The third kappa shape index (κ3) is 5.58. The Bertz CT molecular complexity index is 841. The Morgan fingerprint density at radius 1 is 1.22 bits per heavy atom. The molecular formula is C19H23N5OS2. The number of nitrogens with one attached hydrogen (secondary N) is 2. The minimum atomic E-state index is -0.0693. The molecule has 0 aliphatic rings. The number of carbonyl (C=O) groups excluding carboxylic acids is 1. The third-order valence-electron chi connectivity index (χ3n) is 4.04. The summed E-state index contributed by atoms with van der Waals surface area (Å²) in [4.78, 5) is 20.1. The predicted octanol–water partition coefficient (Wildman–Crippen LogP) is 4.03. The second kappa shape index (κ2) is 9.57. The molecule has 6 nitrogen and oxygen atoms in total. The number of anilines is 2. The normalized spacial score (nSPS) is 10.7. The monoisotopic (exact) mass is 401 g/mol. The van der Waals surface area contributed by atoms with Crippen molar-refractivity contribution in [3.63, 3.8) is 0 Å². The van der Waals surface area contributed by atoms with E-state index in [2.05, 4.69) is 45.3 Å². The van der Waals surface area contributed by atoms with Gasteiger partial charge in [-0.15, -0.1) is 16.4 Å². The molecule has 3 aromatic rings. The van der Waals surface area contributed by atoms with Gasteiger partial charge in [-0.2, -0.15) is 0 Å². The van der Waals surface area contributed by atoms with E-state index < -0.39 is 0 Å². The van der Waals surface area contributed by atoms with Crippen molar-refractivity contribution < 1.29 is 4.79 Å². The summed E-state index contributed by atoms with van der Waals surface area (Å²) >= 11 is 3.02. The number of thiophene rings is 1. The highest BCUT2D eigenvalue weighted by Gasteiger charge is 2.09. The van der Waals surface area contributed by atoms with Gasteiger partial charge in [-0.3, -0.25) is 9.89 Å². The molecule has 0 fully saturated rings. The molecule has 0 saturated carbocycles. The van der Waals surface area contributed by atoms with E-state index in [0.717, 1.165) is 36.7 Å². The zero-order chi connectivity index (χ0) is 19.1. The molecule has 1 amide bonds. The van der Waals surface area contributed by atoms with Crippen molar-refractivity contribution in [2.45, 2.75) is 25.4 Å². The molecule has 0 bridgehead atoms. The first-order chi connectivity index (χ1) is 13.2. The number of benzene rings is 1. The summed E-state index contributed by atoms with van der Waals surface area (Å²) in [5.41, 5.74) is 1.95. The van der Waals surface area contributed by atoms with Crippen LogP contribution in [0.15, 0.2) is 46.9 Å². The Labute approximate surface area is 167 Å². The van der Waals surface area contributed by atoms with Crippen molar-refractivity contribution in [1.29, 1.82) is 0 Å². The minimum absolute atomic E-state index is 0.0693. The quantitative estimate of drug-likeness (QED) is 0.530. The first kappa shape index (κ1) is 19.4. The number of hydrogen-bond acceptors (Lipinski definition) is 6. The molecule has 0 saturated heterocycles. The Morgan fingerprint density at radius 3 is 2.67 bits per heavy atom. The van der Waals surface area contributed by atoms with Crippen LogP contribution in [0.5, 0.6) is 0 Å². The summed E-state index contributed by atoms with van der Waals surface area (Å²) in [5.74, 6) is 1.02. The summed E-state index contributed by atoms with van der Waals surface area (Å²) in [5, 5.41) is 12.7. The van der Waals surface area contributed by atoms with Crippen LogP contribution in [0.1, 0.15) is 24.5 Å². The minimum Gasteiger partial charge on any atom is -0.372 e. The van der Waals surface area contributed by atoms with Crippen LogP contribution in [0.25, 0.3) is 0 Å². The SMILES string of the molecule is CCN(CC)c1ccc(NC(=O)CSc2n[nH]c(Cc3cccs3)n2)cc1. The predicted molar refractivity (Wildman–Crippen MR) is 113 cm³/mol. The number of aromatic nitrogens is 3. The van der Waals surface area contributed by atoms with E-state index in [1.807, 2.05) is 35.7 Å². The molecule has 0 aliphatic heterocycles. The van der Waals surface area contributed by atoms with Gasteiger partial charge in [0.2, 0.25) is 11.1 Å². The Kier molecular flexibility index (Phi) is 6.89. The Hall–Kier alpha value is -2.32. The first-order valence-corrected chi connectivity index (χ1v) is 10.8. The molecule has 0 atom stereocenters. The van der Waals surface area contributed by atoms with Gasteiger partial charge < -0.3 is 10.2 Å². The van der Waals surface area contributed by atoms with Gasteiger partial charge in [-0.05, 0) is 49.6 Å². The molecule has 0 unspecified atom stereocenters. The largest absolute Gasteiger partial charge is 0.372 e. The van der Waals surface area contributed by atoms with Crippen molar-refractivity contribution in [3.05, 3.63) is 52.5 Å². The Morgan fingerprint density at radius 2 is 2.00 bits per heavy atom. The third-order valence-corrected chi connectivity index (χ3v) is 5.77. The fourth-order valence-electron chi connectivity index (χ4n) is 2.67. The van der Waals surface area contributed by atoms with Gasteiger partial charge in [0.05, 0.1) is 5.75 Å². The van der Waals surface area contributed by atoms with E-state index in [1.165, 1.54) is 16.6 Å². The maximum absolute atomic E-state index is 12.2. The second-order valence-corrected chi connectivity index (χ2v) is 7.85. The lowest BCUT2D eigenvalue weighted by atomic mass is 10.2. The molecule has 27 heavy (non-hydrogen) atoms. The Balaban J connectivity index is 1.47. The van der Waals surface area contributed by atoms with Gasteiger partial charge in [0.25, 0.3) is 0 Å². The summed E-state index contributed by atoms with van der Waals surface area (Å²) in [6, 6.07) is 12.0. The van der Waals surface area contributed by atoms with Crippen LogP contribution in [0, 0.1) is 0 Å². The van der Waals surface area contributed by atoms with Crippen molar-refractivity contribution in [3.8, 4) is 0 Å². The van der Waals surface area contributed by atoms with E-state index in [4.69, 9.17) is 0 Å². The number of carbonyl (C=O) groups is 1. The van der Waals surface area contributed by atoms with Crippen LogP contribution in [-0.2, 0) is 11.2 Å². The van der Waals surface area contributed by atoms with Crippen LogP contribution in [-0.4, -0.2) is 39.9 Å². The standard InChI is InChI=1S/C19H23N5OS2/c1-3-24(4-2)15-9-7-14(8-10-15)20-18(25)13-27-19-21-17(22-23-19)12-16-6-5-11-26-16/h5-11H,3-4,12-13H2,1-2H3,(H,20,25)(H,21,22,23). The lowest BCUT2D eigenvalue weighted by Gasteiger charge is -2.21. The van der Waals surface area contributed by atoms with E-state index >= 15 is 0 Å². The molecule has 2 heterocycles. The summed E-state index contributed by atoms with van der Waals surface area (Å²) in [7, 11) is 0. The molecule has 142 valence electrons. The molecule has 0 aliphatic carbocycles. The van der Waals surface area contributed by atoms with Crippen LogP contribution >= 0.6 is 23.1 Å². The molecule has 2 aromatic heterocycles. The molecule has 8 heteroatoms. The lowest BCUT2D eigenvalue weighted by Crippen LogP contribution is -2.21. The van der Waals surface area contributed by atoms with Crippen LogP contribution in [0.2, 0.25) is 0 Å². The number of rotatable bonds is 9. The van der Waals surface area contributed by atoms with Gasteiger partial charge in [0.15, 0.2) is 0 Å². The van der Waals surface area contributed by atoms with Crippen molar-refractivity contribution in [2.24, 2.45) is 0 Å². The van der Waals surface area contributed by atoms with E-state index in [9.17, 15) is 4.79 Å². The second-order valence-electron chi connectivity index (χ2n) is 5.88. The fraction of sp³-hybridized carbons (Fsp3) is 0.316. The van der Waals surface area contributed by atoms with Gasteiger partial charge in [0, 0.05) is 35.8 Å². The van der Waals surface area contributed by atoms with Crippen molar-refractivity contribution in [2.75, 3.05) is 29.1 Å². The number of nitrogens with zero attached hydrogens (tertiary/aromatic N) is 3. The van der Waals surface area contributed by atoms with Gasteiger partial charge >= 0.3 is 0 Å². The van der Waals surface area contributed by atoms with E-state index in [0.29, 0.717) is 5.16 Å².